The van der Waals surface area contributed by atoms with Crippen molar-refractivity contribution >= 4 is 27.0 Å². The molecule has 0 radical (unpaired) electrons. The Morgan fingerprint density at radius 3 is 2.52 bits per heavy atom. The van der Waals surface area contributed by atoms with Crippen LogP contribution in [0, 0.1) is 0 Å². The number of aryl methyl sites for hydroxylation is 1. The Morgan fingerprint density at radius 1 is 1.06 bits per heavy atom. The van der Waals surface area contributed by atoms with Crippen LogP contribution in [0.25, 0.3) is 11.0 Å². The van der Waals surface area contributed by atoms with Crippen LogP contribution in [0.5, 0.6) is 0 Å². The molecule has 3 aromatic rings. The minimum atomic E-state index is -3.53. The fourth-order valence-corrected chi connectivity index (χ4v) is 5.53. The summed E-state index contributed by atoms with van der Waals surface area (Å²) < 4.78 is 35.0. The van der Waals surface area contributed by atoms with Crippen molar-refractivity contribution in [1.82, 2.24) is 13.9 Å². The number of sulfonamides is 1. The van der Waals surface area contributed by atoms with Crippen LogP contribution in [0.2, 0.25) is 0 Å². The predicted molar refractivity (Wildman–Crippen MR) is 118 cm³/mol. The number of imidazole rings is 1. The Kier molecular flexibility index (Phi) is 6.38. The molecule has 1 aliphatic heterocycles. The van der Waals surface area contributed by atoms with E-state index in [4.69, 9.17) is 4.74 Å². The number of hydrogen-bond acceptors (Lipinski definition) is 5. The lowest BCUT2D eigenvalue weighted by molar-refractivity contribution is -0.144. The number of nitrogens with zero attached hydrogens (tertiary/aromatic N) is 3. The molecule has 0 saturated carbocycles. The van der Waals surface area contributed by atoms with E-state index in [0.717, 1.165) is 30.3 Å². The Bertz CT molecular complexity index is 1170. The van der Waals surface area contributed by atoms with Crippen molar-refractivity contribution in [2.24, 2.45) is 0 Å². The second-order valence-electron chi connectivity index (χ2n) is 7.71. The summed E-state index contributed by atoms with van der Waals surface area (Å²) in [6.07, 6.45) is 3.05. The van der Waals surface area contributed by atoms with E-state index in [1.54, 1.807) is 22.5 Å². The molecule has 0 aliphatic carbocycles. The first-order valence-electron chi connectivity index (χ1n) is 10.7. The van der Waals surface area contributed by atoms with Gasteiger partial charge in [0.2, 0.25) is 10.0 Å². The van der Waals surface area contributed by atoms with Gasteiger partial charge in [0.05, 0.1) is 22.3 Å². The van der Waals surface area contributed by atoms with Crippen LogP contribution in [0.15, 0.2) is 53.4 Å². The van der Waals surface area contributed by atoms with Gasteiger partial charge in [-0.25, -0.2) is 13.4 Å². The molecule has 4 rings (SSSR count). The average Bonchev–Trinajstić information content (AvgIpc) is 3.15. The quantitative estimate of drug-likeness (QED) is 0.524. The second-order valence-corrected chi connectivity index (χ2v) is 9.65. The van der Waals surface area contributed by atoms with E-state index in [9.17, 15) is 13.2 Å². The molecule has 0 bridgehead atoms. The summed E-state index contributed by atoms with van der Waals surface area (Å²) >= 11 is 0. The van der Waals surface area contributed by atoms with Gasteiger partial charge in [-0.3, -0.25) is 4.79 Å². The molecule has 1 saturated heterocycles. The molecule has 164 valence electrons. The molecular weight excluding hydrogens is 414 g/mol. The van der Waals surface area contributed by atoms with E-state index in [1.165, 1.54) is 0 Å². The third-order valence-electron chi connectivity index (χ3n) is 5.62. The number of carbonyl (C=O) groups excluding carboxylic acids is 1. The van der Waals surface area contributed by atoms with Crippen LogP contribution in [0.4, 0.5) is 0 Å². The summed E-state index contributed by atoms with van der Waals surface area (Å²) in [7, 11) is -3.53. The second kappa shape index (κ2) is 9.20. The Balaban J connectivity index is 1.53. The van der Waals surface area contributed by atoms with Gasteiger partial charge in [-0.05, 0) is 43.5 Å². The van der Waals surface area contributed by atoms with Crippen LogP contribution in [0.3, 0.4) is 0 Å². The number of ether oxygens (including phenoxy) is 1. The Labute approximate surface area is 182 Å². The largest absolute Gasteiger partial charge is 0.457 e. The summed E-state index contributed by atoms with van der Waals surface area (Å²) in [5.74, 6) is 0.278. The molecule has 2 aromatic carbocycles. The van der Waals surface area contributed by atoms with Crippen molar-refractivity contribution in [3.63, 3.8) is 0 Å². The van der Waals surface area contributed by atoms with E-state index in [0.29, 0.717) is 31.0 Å². The van der Waals surface area contributed by atoms with Crippen molar-refractivity contribution in [2.45, 2.75) is 50.7 Å². The summed E-state index contributed by atoms with van der Waals surface area (Å²) in [5, 5.41) is 0. The molecule has 0 atom stereocenters. The molecule has 7 nitrogen and oxygen atoms in total. The van der Waals surface area contributed by atoms with Gasteiger partial charge in [0.1, 0.15) is 12.4 Å². The zero-order valence-corrected chi connectivity index (χ0v) is 18.5. The van der Waals surface area contributed by atoms with Crippen LogP contribution in [0.1, 0.15) is 37.6 Å². The zero-order chi connectivity index (χ0) is 21.8. The van der Waals surface area contributed by atoms with Gasteiger partial charge in [0.15, 0.2) is 0 Å². The molecule has 1 aromatic heterocycles. The van der Waals surface area contributed by atoms with Gasteiger partial charge in [-0.15, -0.1) is 0 Å². The lowest BCUT2D eigenvalue weighted by Gasteiger charge is -2.25. The minimum absolute atomic E-state index is 0.0440. The van der Waals surface area contributed by atoms with Gasteiger partial charge in [-0.1, -0.05) is 36.8 Å². The van der Waals surface area contributed by atoms with Gasteiger partial charge < -0.3 is 9.30 Å². The maximum atomic E-state index is 13.0. The van der Waals surface area contributed by atoms with E-state index in [-0.39, 0.29) is 23.9 Å². The van der Waals surface area contributed by atoms with Crippen LogP contribution in [-0.2, 0) is 39.1 Å². The van der Waals surface area contributed by atoms with E-state index >= 15 is 0 Å². The monoisotopic (exact) mass is 441 g/mol. The number of esters is 1. The highest BCUT2D eigenvalue weighted by atomic mass is 32.2. The topological polar surface area (TPSA) is 81.5 Å². The molecule has 0 N–H and O–H groups in total. The number of benzene rings is 2. The van der Waals surface area contributed by atoms with Crippen molar-refractivity contribution < 1.29 is 17.9 Å². The minimum Gasteiger partial charge on any atom is -0.457 e. The van der Waals surface area contributed by atoms with E-state index in [2.05, 4.69) is 4.98 Å². The van der Waals surface area contributed by atoms with Gasteiger partial charge in [0, 0.05) is 19.6 Å². The SMILES string of the molecule is CCn1c(COC(=O)Cc2ccccc2)nc2cc(S(=O)(=O)N3CCCCC3)ccc21. The normalized spacial score (nSPS) is 15.3. The van der Waals surface area contributed by atoms with Crippen LogP contribution >= 0.6 is 0 Å². The highest BCUT2D eigenvalue weighted by molar-refractivity contribution is 7.89. The number of rotatable bonds is 7. The number of aromatic nitrogens is 2. The number of fused-ring (bicyclic) bond motifs is 1. The fourth-order valence-electron chi connectivity index (χ4n) is 4.00. The molecule has 1 fully saturated rings. The van der Waals surface area contributed by atoms with Crippen molar-refractivity contribution in [1.29, 1.82) is 0 Å². The Morgan fingerprint density at radius 2 is 1.81 bits per heavy atom. The van der Waals surface area contributed by atoms with E-state index in [1.807, 2.05) is 41.8 Å². The summed E-state index contributed by atoms with van der Waals surface area (Å²) in [6.45, 7) is 3.79. The maximum Gasteiger partial charge on any atom is 0.310 e. The van der Waals surface area contributed by atoms with Crippen molar-refractivity contribution in [3.8, 4) is 0 Å². The lowest BCUT2D eigenvalue weighted by Crippen LogP contribution is -2.35. The standard InChI is InChI=1S/C23H27N3O4S/c1-2-26-21-12-11-19(31(28,29)25-13-7-4-8-14-25)16-20(21)24-22(26)17-30-23(27)15-18-9-5-3-6-10-18/h3,5-6,9-12,16H,2,4,7-8,13-15,17H2,1H3. The number of carbonyl (C=O) groups is 1. The average molecular weight is 442 g/mol. The third-order valence-corrected chi connectivity index (χ3v) is 7.52. The van der Waals surface area contributed by atoms with Gasteiger partial charge in [0.25, 0.3) is 0 Å². The van der Waals surface area contributed by atoms with Crippen molar-refractivity contribution in [3.05, 3.63) is 59.9 Å². The molecule has 0 amide bonds. The van der Waals surface area contributed by atoms with Crippen LogP contribution < -0.4 is 0 Å². The first-order chi connectivity index (χ1) is 15.0. The molecule has 31 heavy (non-hydrogen) atoms. The first-order valence-corrected chi connectivity index (χ1v) is 12.1. The summed E-state index contributed by atoms with van der Waals surface area (Å²) in [6, 6.07) is 14.5. The zero-order valence-electron chi connectivity index (χ0n) is 17.7. The first kappa shape index (κ1) is 21.5. The molecule has 0 spiro atoms. The van der Waals surface area contributed by atoms with Crippen LogP contribution in [-0.4, -0.2) is 41.3 Å². The molecule has 0 unspecified atom stereocenters. The van der Waals surface area contributed by atoms with Crippen molar-refractivity contribution in [2.75, 3.05) is 13.1 Å². The summed E-state index contributed by atoms with van der Waals surface area (Å²) in [5.41, 5.74) is 2.31. The number of piperidine rings is 1. The maximum absolute atomic E-state index is 13.0. The third kappa shape index (κ3) is 4.65. The molecule has 2 heterocycles. The Hall–Kier alpha value is -2.71. The fraction of sp³-hybridized carbons (Fsp3) is 0.391. The highest BCUT2D eigenvalue weighted by Gasteiger charge is 2.26. The van der Waals surface area contributed by atoms with Gasteiger partial charge >= 0.3 is 5.97 Å². The predicted octanol–water partition coefficient (Wildman–Crippen LogP) is 3.52. The molecule has 8 heteroatoms. The number of hydrogen-bond donors (Lipinski definition) is 0. The lowest BCUT2D eigenvalue weighted by atomic mass is 10.2. The summed E-state index contributed by atoms with van der Waals surface area (Å²) in [4.78, 5) is 17.1. The molecule has 1 aliphatic rings. The van der Waals surface area contributed by atoms with E-state index < -0.39 is 10.0 Å². The van der Waals surface area contributed by atoms with Gasteiger partial charge in [-0.2, -0.15) is 4.31 Å². The molecular formula is C23H27N3O4S. The smallest absolute Gasteiger partial charge is 0.310 e. The highest BCUT2D eigenvalue weighted by Crippen LogP contribution is 2.25.